The molecule has 1 heterocycles. The first-order valence-corrected chi connectivity index (χ1v) is 9.63. The topological polar surface area (TPSA) is 37.3 Å². The van der Waals surface area contributed by atoms with Gasteiger partial charge in [0.05, 0.1) is 0 Å². The second-order valence-corrected chi connectivity index (χ2v) is 7.57. The summed E-state index contributed by atoms with van der Waals surface area (Å²) in [5.74, 6) is -0.265. The van der Waals surface area contributed by atoms with Crippen LogP contribution in [-0.4, -0.2) is 42.6 Å². The molecule has 0 aliphatic carbocycles. The van der Waals surface area contributed by atoms with Crippen LogP contribution < -0.4 is 5.32 Å². The Labute approximate surface area is 166 Å². The van der Waals surface area contributed by atoms with Crippen LogP contribution in [0, 0.1) is 19.7 Å². The van der Waals surface area contributed by atoms with Crippen LogP contribution in [0.15, 0.2) is 42.5 Å². The monoisotopic (exact) mass is 381 g/mol. The van der Waals surface area contributed by atoms with Crippen molar-refractivity contribution in [1.29, 1.82) is 0 Å². The van der Waals surface area contributed by atoms with E-state index < -0.39 is 0 Å². The summed E-state index contributed by atoms with van der Waals surface area (Å²) in [5, 5.41) is 4.08. The molecule has 0 bridgehead atoms. The summed E-state index contributed by atoms with van der Waals surface area (Å²) in [6.07, 6.45) is 0.924. The van der Waals surface area contributed by atoms with E-state index in [9.17, 15) is 9.18 Å². The molecule has 2 aromatic carbocycles. The van der Waals surface area contributed by atoms with Crippen LogP contribution in [0.25, 0.3) is 10.9 Å². The van der Waals surface area contributed by atoms with Gasteiger partial charge in [-0.1, -0.05) is 12.1 Å². The van der Waals surface area contributed by atoms with Crippen molar-refractivity contribution in [1.82, 2.24) is 14.8 Å². The molecule has 1 N–H and O–H groups in total. The Kier molecular flexibility index (Phi) is 6.15. The van der Waals surface area contributed by atoms with Crippen LogP contribution in [0.2, 0.25) is 0 Å². The average Bonchev–Trinajstić information content (AvgIpc) is 2.91. The number of amides is 1. The van der Waals surface area contributed by atoms with Crippen LogP contribution in [0.3, 0.4) is 0 Å². The maximum Gasteiger partial charge on any atom is 0.251 e. The third-order valence-corrected chi connectivity index (χ3v) is 5.22. The lowest BCUT2D eigenvalue weighted by molar-refractivity contribution is 0.0952. The molecule has 1 amide bonds. The highest BCUT2D eigenvalue weighted by Gasteiger charge is 2.14. The normalized spacial score (nSPS) is 11.4. The second kappa shape index (κ2) is 8.57. The number of carbonyl (C=O) groups is 1. The number of halogens is 1. The molecule has 0 radical (unpaired) electrons. The van der Waals surface area contributed by atoms with Crippen molar-refractivity contribution in [3.05, 3.63) is 70.7 Å². The Morgan fingerprint density at radius 2 is 1.82 bits per heavy atom. The Bertz CT molecular complexity index is 974. The van der Waals surface area contributed by atoms with Crippen LogP contribution >= 0.6 is 0 Å². The molecule has 5 heteroatoms. The Hall–Kier alpha value is -2.66. The van der Waals surface area contributed by atoms with E-state index in [1.165, 1.54) is 17.7 Å². The molecule has 0 unspecified atom stereocenters. The van der Waals surface area contributed by atoms with Gasteiger partial charge in [-0.2, -0.15) is 0 Å². The molecule has 0 fully saturated rings. The molecule has 0 saturated carbocycles. The minimum absolute atomic E-state index is 0.0380. The smallest absolute Gasteiger partial charge is 0.251 e. The number of aryl methyl sites for hydroxylation is 1. The van der Waals surface area contributed by atoms with E-state index in [0.717, 1.165) is 35.1 Å². The van der Waals surface area contributed by atoms with E-state index in [1.807, 2.05) is 44.4 Å². The van der Waals surface area contributed by atoms with E-state index in [0.29, 0.717) is 18.7 Å². The van der Waals surface area contributed by atoms with Crippen molar-refractivity contribution < 1.29 is 9.18 Å². The second-order valence-electron chi connectivity index (χ2n) is 7.57. The predicted molar refractivity (Wildman–Crippen MR) is 112 cm³/mol. The zero-order chi connectivity index (χ0) is 20.3. The Morgan fingerprint density at radius 3 is 2.50 bits per heavy atom. The maximum atomic E-state index is 13.2. The van der Waals surface area contributed by atoms with Gasteiger partial charge >= 0.3 is 0 Å². The summed E-state index contributed by atoms with van der Waals surface area (Å²) >= 11 is 0. The van der Waals surface area contributed by atoms with Crippen molar-refractivity contribution in [2.45, 2.75) is 26.8 Å². The fourth-order valence-electron chi connectivity index (χ4n) is 3.47. The first-order chi connectivity index (χ1) is 13.4. The molecule has 0 atom stereocenters. The van der Waals surface area contributed by atoms with Gasteiger partial charge in [-0.05, 0) is 82.4 Å². The van der Waals surface area contributed by atoms with E-state index in [4.69, 9.17) is 0 Å². The summed E-state index contributed by atoms with van der Waals surface area (Å²) < 4.78 is 15.4. The third-order valence-electron chi connectivity index (χ3n) is 5.22. The number of hydrogen-bond acceptors (Lipinski definition) is 2. The molecular formula is C23H28FN3O. The zero-order valence-electron chi connectivity index (χ0n) is 17.1. The standard InChI is InChI=1S/C23H28FN3O/c1-16-17(2)27(15-18-6-9-20(24)10-7-18)22-11-8-19(14-21(16)22)23(28)25-12-5-13-26(3)4/h6-11,14H,5,12-13,15H2,1-4H3,(H,25,28). The van der Waals surface area contributed by atoms with Crippen molar-refractivity contribution in [2.75, 3.05) is 27.2 Å². The lowest BCUT2D eigenvalue weighted by Gasteiger charge is -2.11. The maximum absolute atomic E-state index is 13.2. The van der Waals surface area contributed by atoms with Crippen molar-refractivity contribution in [3.63, 3.8) is 0 Å². The first-order valence-electron chi connectivity index (χ1n) is 9.63. The summed E-state index contributed by atoms with van der Waals surface area (Å²) in [7, 11) is 4.05. The van der Waals surface area contributed by atoms with Gasteiger partial charge in [-0.3, -0.25) is 4.79 Å². The highest BCUT2D eigenvalue weighted by atomic mass is 19.1. The fraction of sp³-hybridized carbons (Fsp3) is 0.348. The van der Waals surface area contributed by atoms with Gasteiger partial charge in [0.25, 0.3) is 5.91 Å². The lowest BCUT2D eigenvalue weighted by Crippen LogP contribution is -2.27. The minimum Gasteiger partial charge on any atom is -0.352 e. The molecule has 3 aromatic rings. The van der Waals surface area contributed by atoms with Gasteiger partial charge in [0, 0.05) is 35.2 Å². The molecule has 1 aromatic heterocycles. The minimum atomic E-state index is -0.227. The van der Waals surface area contributed by atoms with Crippen molar-refractivity contribution >= 4 is 16.8 Å². The van der Waals surface area contributed by atoms with E-state index >= 15 is 0 Å². The Morgan fingerprint density at radius 1 is 1.11 bits per heavy atom. The number of carbonyl (C=O) groups excluding carboxylic acids is 1. The van der Waals surface area contributed by atoms with Crippen LogP contribution in [-0.2, 0) is 6.54 Å². The molecule has 0 aliphatic heterocycles. The number of benzene rings is 2. The summed E-state index contributed by atoms with van der Waals surface area (Å²) in [4.78, 5) is 14.6. The van der Waals surface area contributed by atoms with Crippen LogP contribution in [0.1, 0.15) is 33.6 Å². The number of rotatable bonds is 7. The molecule has 28 heavy (non-hydrogen) atoms. The highest BCUT2D eigenvalue weighted by molar-refractivity contribution is 5.99. The van der Waals surface area contributed by atoms with E-state index in [-0.39, 0.29) is 11.7 Å². The SMILES string of the molecule is Cc1c(C)n(Cc2ccc(F)cc2)c2ccc(C(=O)NCCCN(C)C)cc12. The molecule has 4 nitrogen and oxygen atoms in total. The van der Waals surface area contributed by atoms with Crippen molar-refractivity contribution in [3.8, 4) is 0 Å². The molecule has 3 rings (SSSR count). The highest BCUT2D eigenvalue weighted by Crippen LogP contribution is 2.27. The molecule has 0 saturated heterocycles. The van der Waals surface area contributed by atoms with Gasteiger partial charge in [-0.25, -0.2) is 4.39 Å². The molecule has 0 aliphatic rings. The van der Waals surface area contributed by atoms with Crippen molar-refractivity contribution in [2.24, 2.45) is 0 Å². The zero-order valence-corrected chi connectivity index (χ0v) is 17.1. The quantitative estimate of drug-likeness (QED) is 0.625. The van der Waals surface area contributed by atoms with E-state index in [1.54, 1.807) is 0 Å². The largest absolute Gasteiger partial charge is 0.352 e. The predicted octanol–water partition coefficient (Wildman–Crippen LogP) is 4.13. The van der Waals surface area contributed by atoms with Gasteiger partial charge in [0.2, 0.25) is 0 Å². The van der Waals surface area contributed by atoms with Crippen LogP contribution in [0.5, 0.6) is 0 Å². The molecule has 0 spiro atoms. The molecular weight excluding hydrogens is 353 g/mol. The number of aromatic nitrogens is 1. The molecule has 148 valence electrons. The van der Waals surface area contributed by atoms with E-state index in [2.05, 4.69) is 28.6 Å². The van der Waals surface area contributed by atoms with Gasteiger partial charge in [0.15, 0.2) is 0 Å². The lowest BCUT2D eigenvalue weighted by atomic mass is 10.1. The number of fused-ring (bicyclic) bond motifs is 1. The number of nitrogens with zero attached hydrogens (tertiary/aromatic N) is 2. The Balaban J connectivity index is 1.81. The summed E-state index contributed by atoms with van der Waals surface area (Å²) in [6, 6.07) is 12.5. The summed E-state index contributed by atoms with van der Waals surface area (Å²) in [5.41, 5.74) is 5.13. The van der Waals surface area contributed by atoms with Gasteiger partial charge < -0.3 is 14.8 Å². The van der Waals surface area contributed by atoms with Gasteiger partial charge in [-0.15, -0.1) is 0 Å². The van der Waals surface area contributed by atoms with Gasteiger partial charge in [0.1, 0.15) is 5.82 Å². The third kappa shape index (κ3) is 4.42. The summed E-state index contributed by atoms with van der Waals surface area (Å²) in [6.45, 7) is 6.45. The van der Waals surface area contributed by atoms with Crippen LogP contribution in [0.4, 0.5) is 4.39 Å². The number of hydrogen-bond donors (Lipinski definition) is 1. The first kappa shape index (κ1) is 20.1. The average molecular weight is 381 g/mol. The number of nitrogens with one attached hydrogen (secondary N) is 1. The fourth-order valence-corrected chi connectivity index (χ4v) is 3.47.